The molecule has 0 saturated heterocycles. The van der Waals surface area contributed by atoms with E-state index in [1.807, 2.05) is 0 Å². The van der Waals surface area contributed by atoms with E-state index in [1.54, 1.807) is 6.33 Å². The van der Waals surface area contributed by atoms with Crippen LogP contribution in [-0.4, -0.2) is 40.4 Å². The lowest BCUT2D eigenvalue weighted by Gasteiger charge is -2.32. The molecule has 13 heavy (non-hydrogen) atoms. The Bertz CT molecular complexity index is 243. The van der Waals surface area contributed by atoms with Gasteiger partial charge in [-0.1, -0.05) is 0 Å². The lowest BCUT2D eigenvalue weighted by molar-refractivity contribution is 0.210. The maximum atomic E-state index is 4.06. The van der Waals surface area contributed by atoms with Gasteiger partial charge >= 0.3 is 0 Å². The molecule has 0 spiro atoms. The van der Waals surface area contributed by atoms with E-state index in [-0.39, 0.29) is 5.54 Å². The fourth-order valence-corrected chi connectivity index (χ4v) is 1.13. The molecule has 0 amide bonds. The number of hydrogen-bond acceptors (Lipinski definition) is 5. The number of anilines is 1. The molecule has 74 valence electrons. The number of rotatable bonds is 4. The molecule has 1 heterocycles. The largest absolute Gasteiger partial charge is 0.358 e. The third-order valence-corrected chi connectivity index (χ3v) is 2.87. The van der Waals surface area contributed by atoms with Gasteiger partial charge in [-0.3, -0.25) is 0 Å². The van der Waals surface area contributed by atoms with Crippen LogP contribution in [0.2, 0.25) is 0 Å². The molecule has 0 bridgehead atoms. The quantitative estimate of drug-likeness (QED) is 0.795. The fourth-order valence-electron chi connectivity index (χ4n) is 0.701. The topological polar surface area (TPSA) is 41.0 Å². The van der Waals surface area contributed by atoms with Crippen LogP contribution in [0.15, 0.2) is 6.33 Å². The maximum Gasteiger partial charge on any atom is 0.202 e. The summed E-state index contributed by atoms with van der Waals surface area (Å²) in [6.07, 6.45) is 1.57. The van der Waals surface area contributed by atoms with Crippen LogP contribution in [-0.2, 0) is 0 Å². The first-order valence-electron chi connectivity index (χ1n) is 4.20. The lowest BCUT2D eigenvalue weighted by Crippen LogP contribution is -2.44. The Morgan fingerprint density at radius 1 is 1.54 bits per heavy atom. The molecule has 0 atom stereocenters. The summed E-state index contributed by atoms with van der Waals surface area (Å²) >= 11 is 1.38. The average Bonchev–Trinajstić information content (AvgIpc) is 2.52. The average molecular weight is 200 g/mol. The van der Waals surface area contributed by atoms with Crippen LogP contribution in [0.4, 0.5) is 5.13 Å². The molecule has 0 aliphatic carbocycles. The molecule has 0 aromatic carbocycles. The van der Waals surface area contributed by atoms with E-state index in [4.69, 9.17) is 0 Å². The van der Waals surface area contributed by atoms with Crippen molar-refractivity contribution in [3.8, 4) is 0 Å². The van der Waals surface area contributed by atoms with Gasteiger partial charge in [0, 0.05) is 23.6 Å². The highest BCUT2D eigenvalue weighted by Crippen LogP contribution is 2.13. The minimum absolute atomic E-state index is 0.131. The second-order valence-corrected chi connectivity index (χ2v) is 4.59. The van der Waals surface area contributed by atoms with Gasteiger partial charge in [0.1, 0.15) is 6.33 Å². The number of nitrogens with zero attached hydrogens (tertiary/aromatic N) is 3. The second-order valence-electron chi connectivity index (χ2n) is 3.81. The van der Waals surface area contributed by atoms with E-state index in [0.717, 1.165) is 11.7 Å². The van der Waals surface area contributed by atoms with Crippen LogP contribution in [0.3, 0.4) is 0 Å². The highest BCUT2D eigenvalue weighted by molar-refractivity contribution is 7.09. The number of aromatic nitrogens is 2. The van der Waals surface area contributed by atoms with Gasteiger partial charge in [0.2, 0.25) is 5.13 Å². The van der Waals surface area contributed by atoms with Crippen molar-refractivity contribution in [1.29, 1.82) is 0 Å². The van der Waals surface area contributed by atoms with Crippen molar-refractivity contribution in [3.63, 3.8) is 0 Å². The predicted molar refractivity (Wildman–Crippen MR) is 56.2 cm³/mol. The standard InChI is InChI=1S/C8H16N4S/c1-8(2,12(3)4)5-9-7-10-6-11-13-7/h6H,5H2,1-4H3,(H,9,10,11). The van der Waals surface area contributed by atoms with E-state index in [0.29, 0.717) is 0 Å². The minimum atomic E-state index is 0.131. The molecule has 0 aliphatic rings. The van der Waals surface area contributed by atoms with Crippen molar-refractivity contribution in [2.45, 2.75) is 19.4 Å². The van der Waals surface area contributed by atoms with Gasteiger partial charge in [-0.05, 0) is 27.9 Å². The molecule has 0 radical (unpaired) electrons. The Labute approximate surface area is 83.2 Å². The number of nitrogens with one attached hydrogen (secondary N) is 1. The maximum absolute atomic E-state index is 4.06. The van der Waals surface area contributed by atoms with Crippen molar-refractivity contribution >= 4 is 16.7 Å². The van der Waals surface area contributed by atoms with Crippen molar-refractivity contribution in [1.82, 2.24) is 14.3 Å². The molecule has 0 fully saturated rings. The van der Waals surface area contributed by atoms with Crippen LogP contribution >= 0.6 is 11.5 Å². The lowest BCUT2D eigenvalue weighted by atomic mass is 10.1. The molecular formula is C8H16N4S. The van der Waals surface area contributed by atoms with Crippen molar-refractivity contribution in [2.24, 2.45) is 0 Å². The molecular weight excluding hydrogens is 184 g/mol. The number of hydrogen-bond donors (Lipinski definition) is 1. The zero-order valence-corrected chi connectivity index (χ0v) is 9.35. The summed E-state index contributed by atoms with van der Waals surface area (Å²) in [5.74, 6) is 0. The summed E-state index contributed by atoms with van der Waals surface area (Å²) in [4.78, 5) is 6.24. The second kappa shape index (κ2) is 4.02. The Morgan fingerprint density at radius 3 is 2.69 bits per heavy atom. The Hall–Kier alpha value is -0.680. The third-order valence-electron chi connectivity index (χ3n) is 2.24. The van der Waals surface area contributed by atoms with Gasteiger partial charge in [0.15, 0.2) is 0 Å². The first kappa shape index (κ1) is 10.4. The third kappa shape index (κ3) is 2.93. The number of likely N-dealkylation sites (N-methyl/N-ethyl adjacent to an activating group) is 1. The molecule has 1 aromatic heterocycles. The van der Waals surface area contributed by atoms with E-state index < -0.39 is 0 Å². The summed E-state index contributed by atoms with van der Waals surface area (Å²) in [6.45, 7) is 5.23. The Morgan fingerprint density at radius 2 is 2.23 bits per heavy atom. The molecule has 0 saturated carbocycles. The minimum Gasteiger partial charge on any atom is -0.358 e. The normalized spacial score (nSPS) is 12.1. The highest BCUT2D eigenvalue weighted by Gasteiger charge is 2.20. The van der Waals surface area contributed by atoms with Crippen LogP contribution in [0.5, 0.6) is 0 Å². The summed E-state index contributed by atoms with van der Waals surface area (Å²) in [5.41, 5.74) is 0.131. The summed E-state index contributed by atoms with van der Waals surface area (Å²) in [6, 6.07) is 0. The first-order valence-corrected chi connectivity index (χ1v) is 4.98. The molecule has 4 nitrogen and oxygen atoms in total. The van der Waals surface area contributed by atoms with Gasteiger partial charge in [0.05, 0.1) is 0 Å². The summed E-state index contributed by atoms with van der Waals surface area (Å²) in [5, 5.41) is 4.13. The van der Waals surface area contributed by atoms with Crippen molar-refractivity contribution in [2.75, 3.05) is 26.0 Å². The van der Waals surface area contributed by atoms with Crippen molar-refractivity contribution in [3.05, 3.63) is 6.33 Å². The molecule has 1 rings (SSSR count). The van der Waals surface area contributed by atoms with Crippen LogP contribution in [0, 0.1) is 0 Å². The zero-order chi connectivity index (χ0) is 9.90. The van der Waals surface area contributed by atoms with Gasteiger partial charge in [0.25, 0.3) is 0 Å². The van der Waals surface area contributed by atoms with Gasteiger partial charge in [-0.15, -0.1) is 0 Å². The highest BCUT2D eigenvalue weighted by atomic mass is 32.1. The van der Waals surface area contributed by atoms with E-state index in [2.05, 4.69) is 47.5 Å². The smallest absolute Gasteiger partial charge is 0.202 e. The predicted octanol–water partition coefficient (Wildman–Crippen LogP) is 1.29. The Balaban J connectivity index is 2.42. The Kier molecular flexibility index (Phi) is 3.22. The fraction of sp³-hybridized carbons (Fsp3) is 0.750. The summed E-state index contributed by atoms with van der Waals surface area (Å²) in [7, 11) is 4.14. The van der Waals surface area contributed by atoms with E-state index >= 15 is 0 Å². The van der Waals surface area contributed by atoms with Crippen LogP contribution < -0.4 is 5.32 Å². The van der Waals surface area contributed by atoms with Gasteiger partial charge in [-0.2, -0.15) is 4.37 Å². The molecule has 0 unspecified atom stereocenters. The SMILES string of the molecule is CN(C)C(C)(C)CNc1ncns1. The van der Waals surface area contributed by atoms with Gasteiger partial charge in [-0.25, -0.2) is 4.98 Å². The van der Waals surface area contributed by atoms with E-state index in [9.17, 15) is 0 Å². The van der Waals surface area contributed by atoms with Crippen molar-refractivity contribution < 1.29 is 0 Å². The molecule has 1 N–H and O–H groups in total. The zero-order valence-electron chi connectivity index (χ0n) is 8.53. The van der Waals surface area contributed by atoms with Crippen LogP contribution in [0.1, 0.15) is 13.8 Å². The summed E-state index contributed by atoms with van der Waals surface area (Å²) < 4.78 is 3.92. The molecule has 5 heteroatoms. The van der Waals surface area contributed by atoms with Gasteiger partial charge < -0.3 is 10.2 Å². The first-order chi connectivity index (χ1) is 6.02. The van der Waals surface area contributed by atoms with Crippen LogP contribution in [0.25, 0.3) is 0 Å². The monoisotopic (exact) mass is 200 g/mol. The molecule has 1 aromatic rings. The molecule has 0 aliphatic heterocycles. The van der Waals surface area contributed by atoms with E-state index in [1.165, 1.54) is 11.5 Å².